The fourth-order valence-corrected chi connectivity index (χ4v) is 3.63. The molecule has 6 nitrogen and oxygen atoms in total. The van der Waals surface area contributed by atoms with Gasteiger partial charge in [0.2, 0.25) is 5.91 Å². The average molecular weight is 377 g/mol. The van der Waals surface area contributed by atoms with E-state index in [4.69, 9.17) is 9.47 Å². The van der Waals surface area contributed by atoms with Crippen LogP contribution in [0.4, 0.5) is 0 Å². The largest absolute Gasteiger partial charge is 0.497 e. The highest BCUT2D eigenvalue weighted by molar-refractivity contribution is 5.92. The molecule has 1 aromatic heterocycles. The van der Waals surface area contributed by atoms with Gasteiger partial charge in [0.15, 0.2) is 0 Å². The van der Waals surface area contributed by atoms with Crippen molar-refractivity contribution in [2.45, 2.75) is 18.9 Å². The third kappa shape index (κ3) is 3.58. The molecule has 0 aliphatic carbocycles. The number of nitrogens with one attached hydrogen (secondary N) is 1. The van der Waals surface area contributed by atoms with Crippen molar-refractivity contribution in [1.82, 2.24) is 14.9 Å². The highest BCUT2D eigenvalue weighted by Gasteiger charge is 2.31. The van der Waals surface area contributed by atoms with E-state index in [1.165, 1.54) is 0 Å². The van der Waals surface area contributed by atoms with E-state index >= 15 is 0 Å². The van der Waals surface area contributed by atoms with Gasteiger partial charge in [0, 0.05) is 18.7 Å². The smallest absolute Gasteiger partial charge is 0.247 e. The molecule has 1 N–H and O–H groups in total. The number of hydrogen-bond acceptors (Lipinski definition) is 4. The van der Waals surface area contributed by atoms with Crippen LogP contribution in [0, 0.1) is 0 Å². The Morgan fingerprint density at radius 3 is 2.64 bits per heavy atom. The normalized spacial score (nSPS) is 16.8. The second-order valence-corrected chi connectivity index (χ2v) is 6.81. The van der Waals surface area contributed by atoms with Gasteiger partial charge in [-0.2, -0.15) is 0 Å². The number of nitrogens with zero attached hydrogens (tertiary/aromatic N) is 2. The highest BCUT2D eigenvalue weighted by atomic mass is 16.5. The maximum atomic E-state index is 12.9. The quantitative estimate of drug-likeness (QED) is 0.684. The summed E-state index contributed by atoms with van der Waals surface area (Å²) in [7, 11) is 3.21. The summed E-state index contributed by atoms with van der Waals surface area (Å²) in [6.45, 7) is 0.728. The first-order valence-corrected chi connectivity index (χ1v) is 9.34. The first kappa shape index (κ1) is 18.1. The van der Waals surface area contributed by atoms with Gasteiger partial charge in [-0.25, -0.2) is 4.98 Å². The Balaban J connectivity index is 1.54. The van der Waals surface area contributed by atoms with Crippen LogP contribution in [0.15, 0.2) is 48.5 Å². The molecule has 1 unspecified atom stereocenters. The van der Waals surface area contributed by atoms with Crippen molar-refractivity contribution < 1.29 is 14.3 Å². The summed E-state index contributed by atoms with van der Waals surface area (Å²) >= 11 is 0. The van der Waals surface area contributed by atoms with Crippen molar-refractivity contribution in [1.29, 1.82) is 0 Å². The van der Waals surface area contributed by atoms with Gasteiger partial charge in [-0.15, -0.1) is 0 Å². The van der Waals surface area contributed by atoms with Gasteiger partial charge in [-0.3, -0.25) is 4.79 Å². The number of fused-ring (bicyclic) bond motifs is 1. The second kappa shape index (κ2) is 7.76. The molecule has 1 atom stereocenters. The lowest BCUT2D eigenvalue weighted by Crippen LogP contribution is -2.29. The lowest BCUT2D eigenvalue weighted by molar-refractivity contribution is -0.126. The van der Waals surface area contributed by atoms with Crippen LogP contribution in [-0.2, 0) is 4.79 Å². The number of ether oxygens (including phenoxy) is 2. The number of aromatic nitrogens is 2. The standard InChI is InChI=1S/C22H23N3O3/c1-27-16-12-15(13-17(14-16)28-2)9-10-21(26)25-11-5-8-20(25)22-23-18-6-3-4-7-19(18)24-22/h3-4,6-7,9-10,12-14,20H,5,8,11H2,1-2H3,(H,23,24). The van der Waals surface area contributed by atoms with Crippen LogP contribution in [0.1, 0.15) is 30.3 Å². The summed E-state index contributed by atoms with van der Waals surface area (Å²) in [5.41, 5.74) is 2.77. The zero-order valence-electron chi connectivity index (χ0n) is 16.0. The van der Waals surface area contributed by atoms with Crippen molar-refractivity contribution in [3.63, 3.8) is 0 Å². The van der Waals surface area contributed by atoms with E-state index in [-0.39, 0.29) is 11.9 Å². The monoisotopic (exact) mass is 377 g/mol. The summed E-state index contributed by atoms with van der Waals surface area (Å²) in [4.78, 5) is 22.8. The molecule has 0 radical (unpaired) electrons. The van der Waals surface area contributed by atoms with E-state index in [9.17, 15) is 4.79 Å². The van der Waals surface area contributed by atoms with E-state index < -0.39 is 0 Å². The minimum Gasteiger partial charge on any atom is -0.497 e. The SMILES string of the molecule is COc1cc(C=CC(=O)N2CCCC2c2nc3ccccc3[nH]2)cc(OC)c1. The molecule has 28 heavy (non-hydrogen) atoms. The Labute approximate surface area is 163 Å². The number of H-pyrrole nitrogens is 1. The molecule has 1 amide bonds. The molecule has 1 aliphatic heterocycles. The van der Waals surface area contributed by atoms with Crippen LogP contribution in [-0.4, -0.2) is 41.5 Å². The molecule has 0 saturated carbocycles. The lowest BCUT2D eigenvalue weighted by Gasteiger charge is -2.21. The maximum absolute atomic E-state index is 12.9. The van der Waals surface area contributed by atoms with Crippen molar-refractivity contribution in [2.24, 2.45) is 0 Å². The third-order valence-electron chi connectivity index (χ3n) is 5.05. The van der Waals surface area contributed by atoms with E-state index in [1.54, 1.807) is 32.4 Å². The van der Waals surface area contributed by atoms with E-state index in [2.05, 4.69) is 9.97 Å². The van der Waals surface area contributed by atoms with E-state index in [0.29, 0.717) is 11.5 Å². The Morgan fingerprint density at radius 2 is 1.93 bits per heavy atom. The number of benzene rings is 2. The molecule has 0 bridgehead atoms. The summed E-state index contributed by atoms with van der Waals surface area (Å²) in [5, 5.41) is 0. The topological polar surface area (TPSA) is 67.5 Å². The first-order valence-electron chi connectivity index (χ1n) is 9.34. The summed E-state index contributed by atoms with van der Waals surface area (Å²) in [6.07, 6.45) is 5.28. The Kier molecular flexibility index (Phi) is 5.02. The molecular weight excluding hydrogens is 354 g/mol. The fraction of sp³-hybridized carbons (Fsp3) is 0.273. The van der Waals surface area contributed by atoms with Crippen LogP contribution in [0.3, 0.4) is 0 Å². The van der Waals surface area contributed by atoms with Crippen LogP contribution in [0.25, 0.3) is 17.1 Å². The molecule has 4 rings (SSSR count). The second-order valence-electron chi connectivity index (χ2n) is 6.81. The van der Waals surface area contributed by atoms with Gasteiger partial charge < -0.3 is 19.4 Å². The summed E-state index contributed by atoms with van der Waals surface area (Å²) in [6, 6.07) is 13.4. The van der Waals surface area contributed by atoms with Crippen LogP contribution >= 0.6 is 0 Å². The number of imidazole rings is 1. The fourth-order valence-electron chi connectivity index (χ4n) is 3.63. The average Bonchev–Trinajstić information content (AvgIpc) is 3.38. The van der Waals surface area contributed by atoms with Gasteiger partial charge >= 0.3 is 0 Å². The number of aromatic amines is 1. The van der Waals surface area contributed by atoms with Gasteiger partial charge in [0.05, 0.1) is 31.3 Å². The minimum absolute atomic E-state index is 0.0234. The van der Waals surface area contributed by atoms with E-state index in [1.807, 2.05) is 41.3 Å². The zero-order chi connectivity index (χ0) is 19.5. The van der Waals surface area contributed by atoms with Crippen LogP contribution in [0.5, 0.6) is 11.5 Å². The number of likely N-dealkylation sites (tertiary alicyclic amines) is 1. The number of hydrogen-bond donors (Lipinski definition) is 1. The number of amides is 1. The van der Waals surface area contributed by atoms with Crippen molar-refractivity contribution in [2.75, 3.05) is 20.8 Å². The van der Waals surface area contributed by atoms with E-state index in [0.717, 1.165) is 41.8 Å². The van der Waals surface area contributed by atoms with Gasteiger partial charge in [0.1, 0.15) is 17.3 Å². The molecule has 144 valence electrons. The molecule has 2 heterocycles. The Bertz CT molecular complexity index is 970. The third-order valence-corrected chi connectivity index (χ3v) is 5.05. The number of para-hydroxylation sites is 2. The van der Waals surface area contributed by atoms with Crippen LogP contribution in [0.2, 0.25) is 0 Å². The summed E-state index contributed by atoms with van der Waals surface area (Å²) < 4.78 is 10.6. The molecule has 6 heteroatoms. The van der Waals surface area contributed by atoms with Crippen molar-refractivity contribution >= 4 is 23.0 Å². The van der Waals surface area contributed by atoms with Crippen molar-refractivity contribution in [3.8, 4) is 11.5 Å². The molecule has 1 aliphatic rings. The Morgan fingerprint density at radius 1 is 1.18 bits per heavy atom. The lowest BCUT2D eigenvalue weighted by atomic mass is 10.1. The highest BCUT2D eigenvalue weighted by Crippen LogP contribution is 2.32. The maximum Gasteiger partial charge on any atom is 0.247 e. The molecule has 3 aromatic rings. The summed E-state index contributed by atoms with van der Waals surface area (Å²) in [5.74, 6) is 2.20. The molecule has 1 saturated heterocycles. The van der Waals surface area contributed by atoms with Crippen LogP contribution < -0.4 is 9.47 Å². The zero-order valence-corrected chi connectivity index (χ0v) is 16.0. The molecule has 2 aromatic carbocycles. The predicted molar refractivity (Wildman–Crippen MR) is 108 cm³/mol. The van der Waals surface area contributed by atoms with Gasteiger partial charge in [-0.1, -0.05) is 12.1 Å². The number of carbonyl (C=O) groups excluding carboxylic acids is 1. The van der Waals surface area contributed by atoms with Crippen molar-refractivity contribution in [3.05, 3.63) is 59.9 Å². The minimum atomic E-state index is -0.0237. The van der Waals surface area contributed by atoms with Gasteiger partial charge in [0.25, 0.3) is 0 Å². The number of methoxy groups -OCH3 is 2. The molecule has 1 fully saturated rings. The molecular formula is C22H23N3O3. The predicted octanol–water partition coefficient (Wildman–Crippen LogP) is 3.96. The number of rotatable bonds is 5. The number of carbonyl (C=O) groups is 1. The molecule has 0 spiro atoms. The first-order chi connectivity index (χ1) is 13.7. The van der Waals surface area contributed by atoms with Gasteiger partial charge in [-0.05, 0) is 48.7 Å². The Hall–Kier alpha value is -3.28.